The Balaban J connectivity index is 1.97. The summed E-state index contributed by atoms with van der Waals surface area (Å²) in [6, 6.07) is 19.5. The fourth-order valence-corrected chi connectivity index (χ4v) is 5.96. The van der Waals surface area contributed by atoms with Crippen molar-refractivity contribution in [1.82, 2.24) is 0 Å². The summed E-state index contributed by atoms with van der Waals surface area (Å²) in [7, 11) is -3.44. The van der Waals surface area contributed by atoms with Crippen molar-refractivity contribution in [3.05, 3.63) is 60.7 Å². The molecule has 0 fully saturated rings. The molecule has 0 saturated heterocycles. The average Bonchev–Trinajstić information content (AvgIpc) is 2.88. The van der Waals surface area contributed by atoms with Crippen LogP contribution in [-0.2, 0) is 8.85 Å². The average molecular weight is 501 g/mol. The molecule has 0 aliphatic rings. The molecule has 0 saturated carbocycles. The number of unbranched alkanes of at least 4 members (excludes halogenated alkanes) is 12. The van der Waals surface area contributed by atoms with E-state index in [0.29, 0.717) is 24.7 Å². The zero-order valence-corrected chi connectivity index (χ0v) is 23.2. The summed E-state index contributed by atoms with van der Waals surface area (Å²) in [6.45, 7) is 5.67. The largest absolute Gasteiger partial charge is 0.820 e. The molecule has 0 spiro atoms. The zero-order chi connectivity index (χ0) is 24.9. The van der Waals surface area contributed by atoms with Gasteiger partial charge in [-0.1, -0.05) is 127 Å². The molecular formula is C30H48O4Si. The van der Waals surface area contributed by atoms with Crippen molar-refractivity contribution in [2.24, 2.45) is 0 Å². The van der Waals surface area contributed by atoms with Crippen molar-refractivity contribution in [1.29, 1.82) is 0 Å². The number of hydrogen-bond donors (Lipinski definition) is 0. The first kappa shape index (κ1) is 29.4. The van der Waals surface area contributed by atoms with Gasteiger partial charge in [0.2, 0.25) is 0 Å². The van der Waals surface area contributed by atoms with Gasteiger partial charge in [-0.15, -0.1) is 0 Å². The molecule has 35 heavy (non-hydrogen) atoms. The van der Waals surface area contributed by atoms with Gasteiger partial charge in [0.1, 0.15) is 11.5 Å². The van der Waals surface area contributed by atoms with Crippen molar-refractivity contribution in [2.75, 3.05) is 13.2 Å². The second kappa shape index (κ2) is 19.4. The predicted molar refractivity (Wildman–Crippen MR) is 148 cm³/mol. The molecule has 0 aliphatic heterocycles. The molecular weight excluding hydrogens is 452 g/mol. The van der Waals surface area contributed by atoms with Crippen molar-refractivity contribution < 1.29 is 17.7 Å². The van der Waals surface area contributed by atoms with E-state index in [2.05, 4.69) is 13.8 Å². The normalized spacial score (nSPS) is 11.5. The Hall–Kier alpha value is -1.82. The molecule has 0 bridgehead atoms. The van der Waals surface area contributed by atoms with E-state index in [1.807, 2.05) is 60.7 Å². The lowest BCUT2D eigenvalue weighted by molar-refractivity contribution is 0.0385. The SMILES string of the molecule is CCCCCCCCCO[Si](OCCCCCCCCC)(Oc1ccccc1)Oc1ccccc1. The first-order valence-corrected chi connectivity index (χ1v) is 15.7. The molecule has 0 aliphatic carbocycles. The maximum Gasteiger partial charge on any atom is 0.820 e. The number of benzene rings is 2. The number of rotatable bonds is 22. The summed E-state index contributed by atoms with van der Waals surface area (Å²) in [6.07, 6.45) is 17.2. The van der Waals surface area contributed by atoms with Crippen LogP contribution in [0.1, 0.15) is 104 Å². The quantitative estimate of drug-likeness (QED) is 0.119. The molecule has 0 heterocycles. The smallest absolute Gasteiger partial charge is 0.471 e. The van der Waals surface area contributed by atoms with Gasteiger partial charge in [-0.3, -0.25) is 0 Å². The molecule has 0 amide bonds. The molecule has 0 radical (unpaired) electrons. The Morgan fingerprint density at radius 3 is 1.17 bits per heavy atom. The summed E-state index contributed by atoms with van der Waals surface area (Å²) >= 11 is 0. The number of hydrogen-bond acceptors (Lipinski definition) is 4. The highest BCUT2D eigenvalue weighted by molar-refractivity contribution is 6.55. The second-order valence-corrected chi connectivity index (χ2v) is 11.3. The standard InChI is InChI=1S/C30H48O4Si/c1-3-5-7-9-11-13-21-27-31-35(33-29-23-17-15-18-24-29,34-30-25-19-16-20-26-30)32-28-22-14-12-10-8-6-4-2/h15-20,23-26H,3-14,21-22,27-28H2,1-2H3. The third-order valence-electron chi connectivity index (χ3n) is 6.03. The van der Waals surface area contributed by atoms with Gasteiger partial charge in [0.25, 0.3) is 0 Å². The first-order valence-electron chi connectivity index (χ1n) is 14.0. The third-order valence-corrected chi connectivity index (χ3v) is 8.11. The van der Waals surface area contributed by atoms with E-state index >= 15 is 0 Å². The van der Waals surface area contributed by atoms with Crippen LogP contribution in [-0.4, -0.2) is 22.3 Å². The van der Waals surface area contributed by atoms with Crippen LogP contribution in [0.2, 0.25) is 0 Å². The molecule has 196 valence electrons. The van der Waals surface area contributed by atoms with E-state index < -0.39 is 9.05 Å². The summed E-state index contributed by atoms with van der Waals surface area (Å²) in [5.74, 6) is 1.43. The Kier molecular flexibility index (Phi) is 16.3. The molecule has 0 N–H and O–H groups in total. The van der Waals surface area contributed by atoms with E-state index in [0.717, 1.165) is 25.7 Å². The van der Waals surface area contributed by atoms with E-state index in [9.17, 15) is 0 Å². The van der Waals surface area contributed by atoms with Gasteiger partial charge in [-0.2, -0.15) is 0 Å². The highest BCUT2D eigenvalue weighted by Crippen LogP contribution is 2.23. The lowest BCUT2D eigenvalue weighted by Crippen LogP contribution is -2.55. The van der Waals surface area contributed by atoms with Crippen LogP contribution in [0.4, 0.5) is 0 Å². The van der Waals surface area contributed by atoms with E-state index in [-0.39, 0.29) is 0 Å². The van der Waals surface area contributed by atoms with E-state index in [1.165, 1.54) is 64.2 Å². The zero-order valence-electron chi connectivity index (χ0n) is 22.2. The van der Waals surface area contributed by atoms with Crippen molar-refractivity contribution in [2.45, 2.75) is 104 Å². The van der Waals surface area contributed by atoms with Crippen LogP contribution < -0.4 is 8.85 Å². The van der Waals surface area contributed by atoms with Crippen molar-refractivity contribution in [3.8, 4) is 11.5 Å². The fraction of sp³-hybridized carbons (Fsp3) is 0.600. The lowest BCUT2D eigenvalue weighted by Gasteiger charge is -2.28. The minimum absolute atomic E-state index is 0.580. The lowest BCUT2D eigenvalue weighted by atomic mass is 10.1. The van der Waals surface area contributed by atoms with Gasteiger partial charge < -0.3 is 17.7 Å². The second-order valence-electron chi connectivity index (χ2n) is 9.27. The molecule has 2 aromatic rings. The molecule has 5 heteroatoms. The van der Waals surface area contributed by atoms with E-state index in [1.54, 1.807) is 0 Å². The minimum atomic E-state index is -3.44. The maximum atomic E-state index is 6.40. The van der Waals surface area contributed by atoms with Crippen LogP contribution in [0.5, 0.6) is 11.5 Å². The van der Waals surface area contributed by atoms with E-state index in [4.69, 9.17) is 17.7 Å². The molecule has 4 nitrogen and oxygen atoms in total. The molecule has 0 atom stereocenters. The van der Waals surface area contributed by atoms with Gasteiger partial charge in [0, 0.05) is 13.2 Å². The first-order chi connectivity index (χ1) is 17.3. The summed E-state index contributed by atoms with van der Waals surface area (Å²) in [4.78, 5) is 0. The van der Waals surface area contributed by atoms with Gasteiger partial charge in [0.15, 0.2) is 0 Å². The Morgan fingerprint density at radius 1 is 0.457 bits per heavy atom. The Morgan fingerprint density at radius 2 is 0.800 bits per heavy atom. The molecule has 0 unspecified atom stereocenters. The van der Waals surface area contributed by atoms with Gasteiger partial charge in [0.05, 0.1) is 0 Å². The van der Waals surface area contributed by atoms with Crippen LogP contribution in [0.15, 0.2) is 60.7 Å². The number of para-hydroxylation sites is 2. The van der Waals surface area contributed by atoms with Gasteiger partial charge in [-0.25, -0.2) is 0 Å². The Labute approximate surface area is 215 Å². The predicted octanol–water partition coefficient (Wildman–Crippen LogP) is 9.11. The van der Waals surface area contributed by atoms with Crippen LogP contribution in [0.25, 0.3) is 0 Å². The summed E-state index contributed by atoms with van der Waals surface area (Å²) in [5, 5.41) is 0. The van der Waals surface area contributed by atoms with Gasteiger partial charge in [-0.05, 0) is 37.1 Å². The van der Waals surface area contributed by atoms with Gasteiger partial charge >= 0.3 is 9.05 Å². The third kappa shape index (κ3) is 13.7. The van der Waals surface area contributed by atoms with Crippen LogP contribution in [0.3, 0.4) is 0 Å². The highest BCUT2D eigenvalue weighted by atomic mass is 28.4. The molecule has 2 aromatic carbocycles. The molecule has 2 rings (SSSR count). The maximum absolute atomic E-state index is 6.40. The van der Waals surface area contributed by atoms with Crippen molar-refractivity contribution in [3.63, 3.8) is 0 Å². The topological polar surface area (TPSA) is 36.9 Å². The van der Waals surface area contributed by atoms with Crippen LogP contribution >= 0.6 is 0 Å². The molecule has 0 aromatic heterocycles. The Bertz CT molecular complexity index is 662. The van der Waals surface area contributed by atoms with Crippen molar-refractivity contribution >= 4 is 9.05 Å². The summed E-state index contributed by atoms with van der Waals surface area (Å²) in [5.41, 5.74) is 0. The highest BCUT2D eigenvalue weighted by Gasteiger charge is 2.51. The minimum Gasteiger partial charge on any atom is -0.471 e. The summed E-state index contributed by atoms with van der Waals surface area (Å²) < 4.78 is 25.6. The fourth-order valence-electron chi connectivity index (χ4n) is 3.96. The monoisotopic (exact) mass is 500 g/mol. The van der Waals surface area contributed by atoms with Crippen LogP contribution in [0, 0.1) is 0 Å².